The van der Waals surface area contributed by atoms with E-state index < -0.39 is 5.54 Å². The second-order valence-corrected chi connectivity index (χ2v) is 10.9. The zero-order valence-electron chi connectivity index (χ0n) is 20.3. The molecule has 1 fully saturated rings. The van der Waals surface area contributed by atoms with Crippen molar-refractivity contribution in [1.82, 2.24) is 9.88 Å². The van der Waals surface area contributed by atoms with Crippen LogP contribution in [-0.4, -0.2) is 34.6 Å². The fourth-order valence-corrected chi connectivity index (χ4v) is 6.41. The molecule has 1 aromatic carbocycles. The zero-order valence-corrected chi connectivity index (χ0v) is 21.2. The van der Waals surface area contributed by atoms with E-state index in [1.807, 2.05) is 60.2 Å². The fourth-order valence-electron chi connectivity index (χ4n) is 5.59. The van der Waals surface area contributed by atoms with Crippen molar-refractivity contribution < 1.29 is 14.3 Å². The molecule has 2 aliphatic rings. The molecular formula is C27H33N3O3S. The number of rotatable bonds is 5. The van der Waals surface area contributed by atoms with Crippen LogP contribution in [0.3, 0.4) is 0 Å². The maximum atomic E-state index is 14.0. The molecule has 1 saturated carbocycles. The van der Waals surface area contributed by atoms with Gasteiger partial charge in [-0.05, 0) is 73.9 Å². The first-order valence-electron chi connectivity index (χ1n) is 12.3. The van der Waals surface area contributed by atoms with Gasteiger partial charge in [-0.2, -0.15) is 0 Å². The molecule has 7 heteroatoms. The Labute approximate surface area is 204 Å². The molecule has 6 nitrogen and oxygen atoms in total. The van der Waals surface area contributed by atoms with Crippen molar-refractivity contribution in [3.05, 3.63) is 47.5 Å². The first kappa shape index (κ1) is 23.0. The molecule has 0 spiro atoms. The summed E-state index contributed by atoms with van der Waals surface area (Å²) in [7, 11) is 0. The molecule has 2 aromatic heterocycles. The lowest BCUT2D eigenvalue weighted by Gasteiger charge is -2.45. The van der Waals surface area contributed by atoms with Crippen LogP contribution in [0.15, 0.2) is 41.8 Å². The van der Waals surface area contributed by atoms with E-state index in [0.29, 0.717) is 36.4 Å². The Hall–Kier alpha value is -2.80. The van der Waals surface area contributed by atoms with Crippen LogP contribution in [0.25, 0.3) is 10.2 Å². The maximum absolute atomic E-state index is 14.0. The van der Waals surface area contributed by atoms with Crippen molar-refractivity contribution in [3.8, 4) is 5.75 Å². The average Bonchev–Trinajstić information content (AvgIpc) is 3.41. The number of hydrogen-bond acceptors (Lipinski definition) is 4. The Balaban J connectivity index is 1.55. The Bertz CT molecular complexity index is 1210. The minimum atomic E-state index is -1.06. The molecule has 4 atom stereocenters. The molecule has 3 heterocycles. The van der Waals surface area contributed by atoms with Crippen LogP contribution < -0.4 is 15.0 Å². The first-order valence-corrected chi connectivity index (χ1v) is 13.2. The largest absolute Gasteiger partial charge is 0.494 e. The van der Waals surface area contributed by atoms with Gasteiger partial charge in [0.2, 0.25) is 5.91 Å². The Morgan fingerprint density at radius 2 is 1.97 bits per heavy atom. The van der Waals surface area contributed by atoms with Gasteiger partial charge >= 0.3 is 0 Å². The van der Waals surface area contributed by atoms with Gasteiger partial charge < -0.3 is 14.6 Å². The summed E-state index contributed by atoms with van der Waals surface area (Å²) in [4.78, 5) is 29.6. The number of thiophene rings is 1. The number of aromatic nitrogens is 1. The van der Waals surface area contributed by atoms with E-state index in [-0.39, 0.29) is 17.9 Å². The molecule has 3 aromatic rings. The van der Waals surface area contributed by atoms with Gasteiger partial charge in [-0.25, -0.2) is 0 Å². The smallest absolute Gasteiger partial charge is 0.275 e. The fraction of sp³-hybridized carbons (Fsp3) is 0.481. The highest BCUT2D eigenvalue weighted by Gasteiger charge is 2.49. The summed E-state index contributed by atoms with van der Waals surface area (Å²) in [6.45, 7) is 9.31. The molecule has 0 unspecified atom stereocenters. The number of benzene rings is 1. The second-order valence-electron chi connectivity index (χ2n) is 9.97. The monoisotopic (exact) mass is 479 g/mol. The summed E-state index contributed by atoms with van der Waals surface area (Å²) in [5, 5.41) is 5.39. The minimum Gasteiger partial charge on any atom is -0.494 e. The van der Waals surface area contributed by atoms with E-state index in [1.54, 1.807) is 16.2 Å². The van der Waals surface area contributed by atoms with Crippen LogP contribution >= 0.6 is 11.3 Å². The number of carbonyl (C=O) groups is 2. The zero-order chi connectivity index (χ0) is 24.0. The number of amides is 2. The van der Waals surface area contributed by atoms with Gasteiger partial charge in [0.25, 0.3) is 5.91 Å². The second kappa shape index (κ2) is 8.77. The number of nitrogens with zero attached hydrogens (tertiary/aromatic N) is 2. The molecule has 0 bridgehead atoms. The third kappa shape index (κ3) is 3.70. The van der Waals surface area contributed by atoms with Crippen LogP contribution in [0.4, 0.5) is 5.69 Å². The molecule has 180 valence electrons. The average molecular weight is 480 g/mol. The third-order valence-electron chi connectivity index (χ3n) is 7.82. The third-order valence-corrected chi connectivity index (χ3v) is 8.68. The predicted octanol–water partition coefficient (Wildman–Crippen LogP) is 5.46. The predicted molar refractivity (Wildman–Crippen MR) is 137 cm³/mol. The van der Waals surface area contributed by atoms with Gasteiger partial charge in [-0.3, -0.25) is 14.5 Å². The van der Waals surface area contributed by atoms with Crippen LogP contribution in [0.5, 0.6) is 5.75 Å². The summed E-state index contributed by atoms with van der Waals surface area (Å²) in [5.41, 5.74) is 1.27. The molecule has 1 N–H and O–H groups in total. The molecule has 2 amide bonds. The maximum Gasteiger partial charge on any atom is 0.275 e. The molecule has 5 rings (SSSR count). The van der Waals surface area contributed by atoms with Gasteiger partial charge in [0.05, 0.1) is 23.4 Å². The summed E-state index contributed by atoms with van der Waals surface area (Å²) in [6.07, 6.45) is 3.30. The summed E-state index contributed by atoms with van der Waals surface area (Å²) >= 11 is 1.62. The van der Waals surface area contributed by atoms with Crippen molar-refractivity contribution >= 4 is 39.1 Å². The SMILES string of the molecule is CCOc1ccc(N2C(=O)c3cc4sccc4n3C[C@]2(C)C(=O)N[C@@H]2CCC[C@@H](C)[C@@H]2C)cc1. The van der Waals surface area contributed by atoms with Gasteiger partial charge in [0.1, 0.15) is 17.0 Å². The van der Waals surface area contributed by atoms with Crippen LogP contribution in [-0.2, 0) is 11.3 Å². The lowest BCUT2D eigenvalue weighted by Crippen LogP contribution is -2.66. The van der Waals surface area contributed by atoms with E-state index in [0.717, 1.165) is 28.8 Å². The van der Waals surface area contributed by atoms with E-state index in [1.165, 1.54) is 6.42 Å². The molecular weight excluding hydrogens is 446 g/mol. The van der Waals surface area contributed by atoms with Gasteiger partial charge in [-0.1, -0.05) is 26.7 Å². The van der Waals surface area contributed by atoms with Crippen molar-refractivity contribution in [2.24, 2.45) is 11.8 Å². The highest BCUT2D eigenvalue weighted by Crippen LogP contribution is 2.38. The van der Waals surface area contributed by atoms with E-state index in [4.69, 9.17) is 4.74 Å². The molecule has 1 aliphatic carbocycles. The van der Waals surface area contributed by atoms with Crippen molar-refractivity contribution in [3.63, 3.8) is 0 Å². The van der Waals surface area contributed by atoms with Crippen LogP contribution in [0.1, 0.15) is 57.4 Å². The van der Waals surface area contributed by atoms with E-state index >= 15 is 0 Å². The number of carbonyl (C=O) groups excluding carboxylic acids is 2. The molecule has 1 aliphatic heterocycles. The summed E-state index contributed by atoms with van der Waals surface area (Å²) in [6, 6.07) is 11.6. The number of ether oxygens (including phenoxy) is 1. The molecule has 34 heavy (non-hydrogen) atoms. The van der Waals surface area contributed by atoms with E-state index in [9.17, 15) is 9.59 Å². The highest BCUT2D eigenvalue weighted by atomic mass is 32.1. The topological polar surface area (TPSA) is 63.6 Å². The van der Waals surface area contributed by atoms with Gasteiger partial charge in [0.15, 0.2) is 0 Å². The number of nitrogens with one attached hydrogen (secondary N) is 1. The van der Waals surface area contributed by atoms with Crippen LogP contribution in [0.2, 0.25) is 0 Å². The molecule has 0 saturated heterocycles. The summed E-state index contributed by atoms with van der Waals surface area (Å²) in [5.74, 6) is 1.48. The normalized spacial score (nSPS) is 27.0. The minimum absolute atomic E-state index is 0.0941. The lowest BCUT2D eigenvalue weighted by molar-refractivity contribution is -0.128. The van der Waals surface area contributed by atoms with E-state index in [2.05, 4.69) is 19.2 Å². The Kier molecular flexibility index (Phi) is 5.92. The number of fused-ring (bicyclic) bond motifs is 3. The number of anilines is 1. The van der Waals surface area contributed by atoms with Crippen LogP contribution in [0, 0.1) is 11.8 Å². The highest BCUT2D eigenvalue weighted by molar-refractivity contribution is 7.17. The quantitative estimate of drug-likeness (QED) is 0.528. The summed E-state index contributed by atoms with van der Waals surface area (Å²) < 4.78 is 8.68. The standard InChI is InChI=1S/C27H33N3O3S/c1-5-33-20-11-9-19(10-12-20)30-25(31)23-15-24-22(13-14-34-24)29(23)16-27(30,4)26(32)28-21-8-6-7-17(2)18(21)3/h9-15,17-18,21H,5-8,16H2,1-4H3,(H,28,32)/t17-,18+,21-,27-/m1/s1. The Morgan fingerprint density at radius 1 is 1.21 bits per heavy atom. The molecule has 0 radical (unpaired) electrons. The van der Waals surface area contributed by atoms with Gasteiger partial charge in [-0.15, -0.1) is 11.3 Å². The first-order chi connectivity index (χ1) is 16.3. The van der Waals surface area contributed by atoms with Crippen molar-refractivity contribution in [2.45, 2.75) is 65.1 Å². The Morgan fingerprint density at radius 3 is 2.71 bits per heavy atom. The number of hydrogen-bond donors (Lipinski definition) is 1. The van der Waals surface area contributed by atoms with Crippen molar-refractivity contribution in [1.29, 1.82) is 0 Å². The lowest BCUT2D eigenvalue weighted by atomic mass is 9.77. The van der Waals surface area contributed by atoms with Gasteiger partial charge in [0, 0.05) is 11.7 Å². The van der Waals surface area contributed by atoms with Crippen molar-refractivity contribution in [2.75, 3.05) is 11.5 Å².